The van der Waals surface area contributed by atoms with Crippen molar-refractivity contribution in [3.8, 4) is 11.4 Å². The smallest absolute Gasteiger partial charge is 0.321 e. The molecule has 0 spiro atoms. The van der Waals surface area contributed by atoms with E-state index in [1.807, 2.05) is 47.0 Å². The first kappa shape index (κ1) is 18.6. The minimum absolute atomic E-state index is 0.0523. The monoisotopic (exact) mass is 382 g/mol. The first-order valence-electron chi connectivity index (χ1n) is 8.19. The van der Waals surface area contributed by atoms with E-state index in [2.05, 4.69) is 25.8 Å². The van der Waals surface area contributed by atoms with E-state index < -0.39 is 11.9 Å². The van der Waals surface area contributed by atoms with Crippen LogP contribution in [0.5, 0.6) is 0 Å². The summed E-state index contributed by atoms with van der Waals surface area (Å²) in [5.74, 6) is 0.339. The van der Waals surface area contributed by atoms with Crippen LogP contribution in [0, 0.1) is 0 Å². The van der Waals surface area contributed by atoms with Gasteiger partial charge in [0.1, 0.15) is 0 Å². The molecule has 2 N–H and O–H groups in total. The molecule has 138 valence electrons. The minimum Gasteiger partial charge on any atom is -0.341 e. The highest BCUT2D eigenvalue weighted by Gasteiger charge is 2.16. The SMILES string of the molecule is CNC(=O)NC(=O)CSc1nnc(-c2ccncc2)n1Cc1ccccc1. The molecule has 0 aliphatic heterocycles. The summed E-state index contributed by atoms with van der Waals surface area (Å²) in [4.78, 5) is 27.1. The van der Waals surface area contributed by atoms with Crippen LogP contribution in [0.2, 0.25) is 0 Å². The molecule has 0 bridgehead atoms. The molecule has 8 nitrogen and oxygen atoms in total. The third kappa shape index (κ3) is 4.91. The number of rotatable bonds is 6. The molecule has 3 rings (SSSR count). The summed E-state index contributed by atoms with van der Waals surface area (Å²) in [5, 5.41) is 13.7. The molecule has 0 aliphatic carbocycles. The van der Waals surface area contributed by atoms with Gasteiger partial charge in [-0.05, 0) is 17.7 Å². The van der Waals surface area contributed by atoms with E-state index in [0.29, 0.717) is 17.5 Å². The fourth-order valence-electron chi connectivity index (χ4n) is 2.37. The van der Waals surface area contributed by atoms with Crippen LogP contribution >= 0.6 is 11.8 Å². The molecule has 0 fully saturated rings. The Bertz CT molecular complexity index is 914. The van der Waals surface area contributed by atoms with Gasteiger partial charge in [0.25, 0.3) is 0 Å². The number of aromatic nitrogens is 4. The van der Waals surface area contributed by atoms with Crippen molar-refractivity contribution in [2.75, 3.05) is 12.8 Å². The Morgan fingerprint density at radius 1 is 1.07 bits per heavy atom. The van der Waals surface area contributed by atoms with E-state index in [4.69, 9.17) is 0 Å². The van der Waals surface area contributed by atoms with E-state index in [-0.39, 0.29) is 5.75 Å². The highest BCUT2D eigenvalue weighted by atomic mass is 32.2. The molecule has 1 aromatic carbocycles. The molecule has 27 heavy (non-hydrogen) atoms. The Labute approximate surface area is 160 Å². The lowest BCUT2D eigenvalue weighted by Crippen LogP contribution is -2.38. The van der Waals surface area contributed by atoms with Crippen LogP contribution in [-0.2, 0) is 11.3 Å². The van der Waals surface area contributed by atoms with Gasteiger partial charge in [-0.1, -0.05) is 42.1 Å². The van der Waals surface area contributed by atoms with Crippen molar-refractivity contribution in [3.63, 3.8) is 0 Å². The number of hydrogen-bond donors (Lipinski definition) is 2. The third-order valence-electron chi connectivity index (χ3n) is 3.65. The van der Waals surface area contributed by atoms with Crippen LogP contribution in [-0.4, -0.2) is 44.5 Å². The van der Waals surface area contributed by atoms with Crippen molar-refractivity contribution >= 4 is 23.7 Å². The van der Waals surface area contributed by atoms with Gasteiger partial charge >= 0.3 is 6.03 Å². The Hall–Kier alpha value is -3.20. The second-order valence-corrected chi connectivity index (χ2v) is 6.47. The number of pyridine rings is 1. The summed E-state index contributed by atoms with van der Waals surface area (Å²) < 4.78 is 1.95. The van der Waals surface area contributed by atoms with Gasteiger partial charge in [0.05, 0.1) is 12.3 Å². The maximum Gasteiger partial charge on any atom is 0.321 e. The van der Waals surface area contributed by atoms with Crippen molar-refractivity contribution in [1.29, 1.82) is 0 Å². The van der Waals surface area contributed by atoms with Crippen molar-refractivity contribution in [2.24, 2.45) is 0 Å². The predicted molar refractivity (Wildman–Crippen MR) is 102 cm³/mol. The Morgan fingerprint density at radius 2 is 1.81 bits per heavy atom. The number of thioether (sulfide) groups is 1. The normalized spacial score (nSPS) is 10.4. The molecule has 0 saturated heterocycles. The molecular weight excluding hydrogens is 364 g/mol. The van der Waals surface area contributed by atoms with Crippen LogP contribution in [0.3, 0.4) is 0 Å². The zero-order chi connectivity index (χ0) is 19.1. The van der Waals surface area contributed by atoms with Gasteiger partial charge in [-0.2, -0.15) is 0 Å². The lowest BCUT2D eigenvalue weighted by molar-refractivity contribution is -0.117. The molecule has 0 unspecified atom stereocenters. The summed E-state index contributed by atoms with van der Waals surface area (Å²) in [6.07, 6.45) is 3.39. The van der Waals surface area contributed by atoms with Gasteiger partial charge < -0.3 is 5.32 Å². The lowest BCUT2D eigenvalue weighted by Gasteiger charge is -2.10. The minimum atomic E-state index is -0.538. The number of urea groups is 1. The van der Waals surface area contributed by atoms with Gasteiger partial charge in [0, 0.05) is 25.0 Å². The van der Waals surface area contributed by atoms with Gasteiger partial charge in [0.2, 0.25) is 5.91 Å². The maximum absolute atomic E-state index is 11.9. The molecule has 2 heterocycles. The van der Waals surface area contributed by atoms with Crippen LogP contribution in [0.15, 0.2) is 60.0 Å². The van der Waals surface area contributed by atoms with E-state index >= 15 is 0 Å². The Balaban J connectivity index is 1.84. The second kappa shape index (κ2) is 8.95. The standard InChI is InChI=1S/C18H18N6O2S/c1-19-17(26)21-15(25)12-27-18-23-22-16(14-7-9-20-10-8-14)24(18)11-13-5-3-2-4-6-13/h2-10H,11-12H2,1H3,(H2,19,21,25,26). The molecule has 9 heteroatoms. The number of hydrogen-bond acceptors (Lipinski definition) is 6. The van der Waals surface area contributed by atoms with E-state index in [0.717, 1.165) is 11.1 Å². The second-order valence-electron chi connectivity index (χ2n) is 5.53. The fraction of sp³-hybridized carbons (Fsp3) is 0.167. The van der Waals surface area contributed by atoms with Gasteiger partial charge in [0.15, 0.2) is 11.0 Å². The summed E-state index contributed by atoms with van der Waals surface area (Å²) >= 11 is 1.22. The molecular formula is C18H18N6O2S. The van der Waals surface area contributed by atoms with Gasteiger partial charge in [-0.15, -0.1) is 10.2 Å². The molecule has 0 aliphatic rings. The largest absolute Gasteiger partial charge is 0.341 e. The number of nitrogens with one attached hydrogen (secondary N) is 2. The molecule has 0 radical (unpaired) electrons. The Kier molecular flexibility index (Phi) is 6.16. The third-order valence-corrected chi connectivity index (χ3v) is 4.62. The van der Waals surface area contributed by atoms with E-state index in [1.54, 1.807) is 12.4 Å². The number of carbonyl (C=O) groups is 2. The number of nitrogens with zero attached hydrogens (tertiary/aromatic N) is 4. The number of benzene rings is 1. The summed E-state index contributed by atoms with van der Waals surface area (Å²) in [6, 6.07) is 13.1. The van der Waals surface area contributed by atoms with Crippen molar-refractivity contribution in [2.45, 2.75) is 11.7 Å². The number of carbonyl (C=O) groups excluding carboxylic acids is 2. The zero-order valence-corrected chi connectivity index (χ0v) is 15.4. The maximum atomic E-state index is 11.9. The first-order chi connectivity index (χ1) is 13.2. The van der Waals surface area contributed by atoms with Crippen LogP contribution in [0.4, 0.5) is 4.79 Å². The number of imide groups is 1. The van der Waals surface area contributed by atoms with Crippen molar-refractivity contribution < 1.29 is 9.59 Å². The first-order valence-corrected chi connectivity index (χ1v) is 9.18. The molecule has 0 atom stereocenters. The topological polar surface area (TPSA) is 102 Å². The summed E-state index contributed by atoms with van der Waals surface area (Å²) in [5.41, 5.74) is 1.97. The van der Waals surface area contributed by atoms with E-state index in [9.17, 15) is 9.59 Å². The van der Waals surface area contributed by atoms with Gasteiger partial charge in [-0.25, -0.2) is 4.79 Å². The van der Waals surface area contributed by atoms with Crippen molar-refractivity contribution in [1.82, 2.24) is 30.4 Å². The van der Waals surface area contributed by atoms with Gasteiger partial charge in [-0.3, -0.25) is 19.7 Å². The summed E-state index contributed by atoms with van der Waals surface area (Å²) in [6.45, 7) is 0.560. The fourth-order valence-corrected chi connectivity index (χ4v) is 3.11. The molecule has 2 aromatic heterocycles. The van der Waals surface area contributed by atoms with Crippen LogP contribution in [0.1, 0.15) is 5.56 Å². The zero-order valence-electron chi connectivity index (χ0n) is 14.6. The molecule has 3 aromatic rings. The molecule has 3 amide bonds. The van der Waals surface area contributed by atoms with Crippen LogP contribution < -0.4 is 10.6 Å². The lowest BCUT2D eigenvalue weighted by atomic mass is 10.2. The average Bonchev–Trinajstić information content (AvgIpc) is 3.10. The highest BCUT2D eigenvalue weighted by molar-refractivity contribution is 7.99. The van der Waals surface area contributed by atoms with Crippen molar-refractivity contribution in [3.05, 3.63) is 60.4 Å². The van der Waals surface area contributed by atoms with E-state index in [1.165, 1.54) is 18.8 Å². The van der Waals surface area contributed by atoms with Crippen LogP contribution in [0.25, 0.3) is 11.4 Å². The Morgan fingerprint density at radius 3 is 2.52 bits per heavy atom. The number of amides is 3. The quantitative estimate of drug-likeness (QED) is 0.632. The predicted octanol–water partition coefficient (Wildman–Crippen LogP) is 1.94. The summed E-state index contributed by atoms with van der Waals surface area (Å²) in [7, 11) is 1.45. The molecule has 0 saturated carbocycles. The highest BCUT2D eigenvalue weighted by Crippen LogP contribution is 2.24. The average molecular weight is 382 g/mol.